The van der Waals surface area contributed by atoms with Crippen molar-refractivity contribution in [2.45, 2.75) is 13.0 Å². The fraction of sp³-hybridized carbons (Fsp3) is 0.125. The lowest BCUT2D eigenvalue weighted by molar-refractivity contribution is -0.132. The molecule has 1 aromatic heterocycles. The number of Topliss-reactive ketones (excluding diaryl/α,β-unsaturated/α-hetero) is 1. The molecule has 162 valence electrons. The number of rotatable bonds is 6. The predicted octanol–water partition coefficient (Wildman–Crippen LogP) is 4.83. The van der Waals surface area contributed by atoms with Crippen molar-refractivity contribution in [3.8, 4) is 5.75 Å². The van der Waals surface area contributed by atoms with Crippen LogP contribution in [0.5, 0.6) is 5.75 Å². The zero-order valence-electron chi connectivity index (χ0n) is 17.1. The first-order chi connectivity index (χ1) is 15.4. The number of hydrogen-bond acceptors (Lipinski definition) is 6. The molecule has 1 amide bonds. The van der Waals surface area contributed by atoms with Crippen LogP contribution in [0.1, 0.15) is 22.9 Å². The Morgan fingerprint density at radius 3 is 2.66 bits per heavy atom. The molecule has 0 saturated carbocycles. The Bertz CT molecular complexity index is 1230. The van der Waals surface area contributed by atoms with Crippen LogP contribution in [-0.4, -0.2) is 28.6 Å². The van der Waals surface area contributed by atoms with E-state index in [2.05, 4.69) is 11.7 Å². The van der Waals surface area contributed by atoms with Crippen molar-refractivity contribution in [2.24, 2.45) is 0 Å². The SMILES string of the molecule is C=CCOc1cccc(C2C(=C(O)c3ccc(Cl)cc3)C(=O)C(=O)N2c2cc(C)on2)c1. The van der Waals surface area contributed by atoms with Gasteiger partial charge in [-0.05, 0) is 48.9 Å². The van der Waals surface area contributed by atoms with Gasteiger partial charge in [0.2, 0.25) is 0 Å². The Balaban J connectivity index is 1.90. The Morgan fingerprint density at radius 2 is 2.00 bits per heavy atom. The number of aliphatic hydroxyl groups excluding tert-OH is 1. The van der Waals surface area contributed by atoms with Crippen LogP contribution in [0.2, 0.25) is 5.02 Å². The molecule has 32 heavy (non-hydrogen) atoms. The highest BCUT2D eigenvalue weighted by molar-refractivity contribution is 6.51. The molecule has 1 unspecified atom stereocenters. The minimum atomic E-state index is -0.942. The van der Waals surface area contributed by atoms with Gasteiger partial charge in [-0.15, -0.1) is 0 Å². The van der Waals surface area contributed by atoms with Crippen molar-refractivity contribution in [3.05, 3.63) is 94.7 Å². The molecule has 7 nitrogen and oxygen atoms in total. The third kappa shape index (κ3) is 3.90. The highest BCUT2D eigenvalue weighted by atomic mass is 35.5. The molecule has 2 heterocycles. The molecular formula is C24H19ClN2O5. The number of aromatic nitrogens is 1. The quantitative estimate of drug-likeness (QED) is 0.250. The van der Waals surface area contributed by atoms with Crippen molar-refractivity contribution in [2.75, 3.05) is 11.5 Å². The number of benzene rings is 2. The Kier molecular flexibility index (Phi) is 5.83. The summed E-state index contributed by atoms with van der Waals surface area (Å²) in [5.41, 5.74) is 0.841. The first kappa shape index (κ1) is 21.4. The van der Waals surface area contributed by atoms with Crippen LogP contribution in [-0.2, 0) is 9.59 Å². The van der Waals surface area contributed by atoms with E-state index in [1.807, 2.05) is 0 Å². The van der Waals surface area contributed by atoms with E-state index in [0.717, 1.165) is 0 Å². The van der Waals surface area contributed by atoms with E-state index in [-0.39, 0.29) is 23.8 Å². The molecule has 1 aliphatic rings. The zero-order chi connectivity index (χ0) is 22.8. The van der Waals surface area contributed by atoms with Gasteiger partial charge in [0, 0.05) is 16.7 Å². The standard InChI is InChI=1S/C24H19ClN2O5/c1-3-11-31-18-6-4-5-16(13-18)21-20(22(28)15-7-9-17(25)10-8-15)23(29)24(30)27(21)19-12-14(2)32-26-19/h3-10,12-13,21,28H,1,11H2,2H3. The number of hydrogen-bond donors (Lipinski definition) is 1. The smallest absolute Gasteiger partial charge is 0.301 e. The Morgan fingerprint density at radius 1 is 1.25 bits per heavy atom. The van der Waals surface area contributed by atoms with Gasteiger partial charge in [0.1, 0.15) is 23.9 Å². The van der Waals surface area contributed by atoms with Gasteiger partial charge in [0.15, 0.2) is 5.82 Å². The van der Waals surface area contributed by atoms with Crippen LogP contribution in [0.15, 0.2) is 77.3 Å². The molecule has 1 aliphatic heterocycles. The first-order valence-corrected chi connectivity index (χ1v) is 10.1. The molecule has 1 N–H and O–H groups in total. The van der Waals surface area contributed by atoms with Gasteiger partial charge < -0.3 is 14.4 Å². The number of amides is 1. The van der Waals surface area contributed by atoms with Gasteiger partial charge >= 0.3 is 5.91 Å². The number of anilines is 1. The van der Waals surface area contributed by atoms with Crippen molar-refractivity contribution < 1.29 is 24.0 Å². The largest absolute Gasteiger partial charge is 0.507 e. The van der Waals surface area contributed by atoms with Crippen molar-refractivity contribution >= 4 is 34.9 Å². The van der Waals surface area contributed by atoms with Crippen LogP contribution in [0.25, 0.3) is 5.76 Å². The third-order valence-electron chi connectivity index (χ3n) is 4.97. The van der Waals surface area contributed by atoms with Crippen LogP contribution >= 0.6 is 11.6 Å². The summed E-state index contributed by atoms with van der Waals surface area (Å²) >= 11 is 5.95. The second-order valence-electron chi connectivity index (χ2n) is 7.14. The van der Waals surface area contributed by atoms with E-state index in [1.54, 1.807) is 67.6 Å². The maximum atomic E-state index is 13.1. The first-order valence-electron chi connectivity index (χ1n) is 9.74. The number of nitrogens with zero attached hydrogens (tertiary/aromatic N) is 2. The summed E-state index contributed by atoms with van der Waals surface area (Å²) < 4.78 is 10.7. The van der Waals surface area contributed by atoms with Gasteiger partial charge in [-0.2, -0.15) is 0 Å². The minimum absolute atomic E-state index is 0.0705. The zero-order valence-corrected chi connectivity index (χ0v) is 17.9. The van der Waals surface area contributed by atoms with E-state index >= 15 is 0 Å². The van der Waals surface area contributed by atoms with Crippen molar-refractivity contribution in [1.29, 1.82) is 0 Å². The summed E-state index contributed by atoms with van der Waals surface area (Å²) in [4.78, 5) is 27.3. The monoisotopic (exact) mass is 450 g/mol. The summed E-state index contributed by atoms with van der Waals surface area (Å²) in [7, 11) is 0. The molecule has 4 rings (SSSR count). The lowest BCUT2D eigenvalue weighted by Crippen LogP contribution is -2.29. The van der Waals surface area contributed by atoms with Gasteiger partial charge in [0.25, 0.3) is 5.78 Å². The third-order valence-corrected chi connectivity index (χ3v) is 5.22. The van der Waals surface area contributed by atoms with Gasteiger partial charge in [-0.3, -0.25) is 14.5 Å². The highest BCUT2D eigenvalue weighted by Crippen LogP contribution is 2.42. The molecule has 0 aliphatic carbocycles. The van der Waals surface area contributed by atoms with Crippen LogP contribution in [0, 0.1) is 6.92 Å². The van der Waals surface area contributed by atoms with E-state index in [1.165, 1.54) is 4.90 Å². The number of ether oxygens (including phenoxy) is 1. The molecular weight excluding hydrogens is 432 g/mol. The van der Waals surface area contributed by atoms with E-state index in [0.29, 0.717) is 27.7 Å². The van der Waals surface area contributed by atoms with E-state index in [4.69, 9.17) is 20.9 Å². The number of carbonyl (C=O) groups excluding carboxylic acids is 2. The average molecular weight is 451 g/mol. The molecule has 3 aromatic rings. The van der Waals surface area contributed by atoms with Gasteiger partial charge in [0.05, 0.1) is 11.6 Å². The van der Waals surface area contributed by atoms with E-state index < -0.39 is 17.7 Å². The molecule has 0 radical (unpaired) electrons. The maximum absolute atomic E-state index is 13.1. The molecule has 1 fully saturated rings. The Hall–Kier alpha value is -3.84. The fourth-order valence-corrected chi connectivity index (χ4v) is 3.67. The lowest BCUT2D eigenvalue weighted by atomic mass is 9.95. The number of aryl methyl sites for hydroxylation is 1. The molecule has 0 spiro atoms. The predicted molar refractivity (Wildman–Crippen MR) is 120 cm³/mol. The van der Waals surface area contributed by atoms with Crippen LogP contribution in [0.4, 0.5) is 5.82 Å². The van der Waals surface area contributed by atoms with E-state index in [9.17, 15) is 14.7 Å². The summed E-state index contributed by atoms with van der Waals surface area (Å²) in [6, 6.07) is 13.9. The second kappa shape index (κ2) is 8.72. The molecule has 1 saturated heterocycles. The number of ketones is 1. The lowest BCUT2D eigenvalue weighted by Gasteiger charge is -2.23. The van der Waals surface area contributed by atoms with Crippen LogP contribution in [0.3, 0.4) is 0 Å². The summed E-state index contributed by atoms with van der Waals surface area (Å²) in [6.07, 6.45) is 1.61. The summed E-state index contributed by atoms with van der Waals surface area (Å²) in [5, 5.41) is 15.5. The molecule has 2 aromatic carbocycles. The fourth-order valence-electron chi connectivity index (χ4n) is 3.54. The number of carbonyl (C=O) groups is 2. The normalized spacial score (nSPS) is 17.6. The van der Waals surface area contributed by atoms with Crippen molar-refractivity contribution in [3.63, 3.8) is 0 Å². The summed E-state index contributed by atoms with van der Waals surface area (Å²) in [5.74, 6) is -0.804. The maximum Gasteiger partial charge on any atom is 0.301 e. The average Bonchev–Trinajstić information content (AvgIpc) is 3.33. The number of halogens is 1. The van der Waals surface area contributed by atoms with Crippen molar-refractivity contribution in [1.82, 2.24) is 5.16 Å². The van der Waals surface area contributed by atoms with Crippen LogP contribution < -0.4 is 9.64 Å². The van der Waals surface area contributed by atoms with Gasteiger partial charge in [-0.25, -0.2) is 0 Å². The molecule has 8 heteroatoms. The molecule has 1 atom stereocenters. The topological polar surface area (TPSA) is 92.9 Å². The Labute approximate surface area is 189 Å². The highest BCUT2D eigenvalue weighted by Gasteiger charge is 2.48. The minimum Gasteiger partial charge on any atom is -0.507 e. The summed E-state index contributed by atoms with van der Waals surface area (Å²) in [6.45, 7) is 5.60. The van der Waals surface area contributed by atoms with Gasteiger partial charge in [-0.1, -0.05) is 41.5 Å². The number of aliphatic hydroxyl groups is 1. The second-order valence-corrected chi connectivity index (χ2v) is 7.58. The molecule has 0 bridgehead atoms.